The Labute approximate surface area is 107 Å². The molecule has 17 heavy (non-hydrogen) atoms. The number of hydrogen-bond acceptors (Lipinski definition) is 1. The van der Waals surface area contributed by atoms with E-state index >= 15 is 0 Å². The minimum atomic E-state index is -0.134. The van der Waals surface area contributed by atoms with Crippen LogP contribution in [0.25, 0.3) is 0 Å². The van der Waals surface area contributed by atoms with Crippen molar-refractivity contribution in [3.8, 4) is 5.75 Å². The lowest BCUT2D eigenvalue weighted by Crippen LogP contribution is -1.94. The molecule has 1 nitrogen and oxygen atoms in total. The molecule has 0 fully saturated rings. The lowest BCUT2D eigenvalue weighted by Gasteiger charge is -2.11. The minimum absolute atomic E-state index is 0.134. The van der Waals surface area contributed by atoms with Crippen LogP contribution in [0.15, 0.2) is 48.5 Å². The van der Waals surface area contributed by atoms with Gasteiger partial charge in [0.15, 0.2) is 0 Å². The van der Waals surface area contributed by atoms with Gasteiger partial charge in [0.25, 0.3) is 0 Å². The molecule has 0 heterocycles. The van der Waals surface area contributed by atoms with Gasteiger partial charge in [-0.1, -0.05) is 42.0 Å². The maximum Gasteiger partial charge on any atom is 0.119 e. The zero-order valence-electron chi connectivity index (χ0n) is 9.98. The first-order valence-electron chi connectivity index (χ1n) is 5.55. The van der Waals surface area contributed by atoms with E-state index in [1.165, 1.54) is 5.56 Å². The number of benzene rings is 2. The lowest BCUT2D eigenvalue weighted by molar-refractivity contribution is 0.414. The fourth-order valence-corrected chi connectivity index (χ4v) is 2.01. The Balaban J connectivity index is 2.29. The predicted octanol–water partition coefficient (Wildman–Crippen LogP) is 4.33. The molecule has 2 aromatic rings. The number of methoxy groups -OCH3 is 1. The molecule has 1 unspecified atom stereocenters. The zero-order chi connectivity index (χ0) is 12.3. The summed E-state index contributed by atoms with van der Waals surface area (Å²) in [4.78, 5) is 0. The van der Waals surface area contributed by atoms with Crippen LogP contribution in [0.3, 0.4) is 0 Å². The Morgan fingerprint density at radius 3 is 2.35 bits per heavy atom. The van der Waals surface area contributed by atoms with Crippen molar-refractivity contribution in [3.63, 3.8) is 0 Å². The summed E-state index contributed by atoms with van der Waals surface area (Å²) in [6.07, 6.45) is 0. The van der Waals surface area contributed by atoms with Crippen LogP contribution in [-0.2, 0) is 0 Å². The van der Waals surface area contributed by atoms with Crippen molar-refractivity contribution in [1.29, 1.82) is 0 Å². The van der Waals surface area contributed by atoms with Gasteiger partial charge in [-0.15, -0.1) is 11.6 Å². The third-order valence-corrected chi connectivity index (χ3v) is 3.26. The second-order valence-electron chi connectivity index (χ2n) is 4.05. The Morgan fingerprint density at radius 2 is 1.71 bits per heavy atom. The van der Waals surface area contributed by atoms with Gasteiger partial charge in [0, 0.05) is 0 Å². The van der Waals surface area contributed by atoms with Crippen molar-refractivity contribution in [1.82, 2.24) is 0 Å². The van der Waals surface area contributed by atoms with Gasteiger partial charge in [-0.25, -0.2) is 0 Å². The van der Waals surface area contributed by atoms with E-state index in [0.717, 1.165) is 16.9 Å². The van der Waals surface area contributed by atoms with Crippen molar-refractivity contribution in [2.24, 2.45) is 0 Å². The van der Waals surface area contributed by atoms with Gasteiger partial charge in [-0.2, -0.15) is 0 Å². The largest absolute Gasteiger partial charge is 0.497 e. The quantitative estimate of drug-likeness (QED) is 0.733. The second-order valence-corrected chi connectivity index (χ2v) is 4.49. The Bertz CT molecular complexity index is 491. The molecule has 0 amide bonds. The molecule has 0 bridgehead atoms. The van der Waals surface area contributed by atoms with Gasteiger partial charge in [0.1, 0.15) is 5.75 Å². The molecule has 0 aliphatic carbocycles. The molecule has 2 aromatic carbocycles. The Kier molecular flexibility index (Phi) is 3.70. The van der Waals surface area contributed by atoms with E-state index in [4.69, 9.17) is 16.3 Å². The number of halogens is 1. The molecule has 0 spiro atoms. The highest BCUT2D eigenvalue weighted by Crippen LogP contribution is 2.30. The van der Waals surface area contributed by atoms with Crippen LogP contribution in [0.1, 0.15) is 22.1 Å². The van der Waals surface area contributed by atoms with Gasteiger partial charge in [-0.3, -0.25) is 0 Å². The van der Waals surface area contributed by atoms with Gasteiger partial charge in [0.05, 0.1) is 12.5 Å². The fourth-order valence-electron chi connectivity index (χ4n) is 1.73. The predicted molar refractivity (Wildman–Crippen MR) is 71.9 cm³/mol. The summed E-state index contributed by atoms with van der Waals surface area (Å²) in [6.45, 7) is 2.07. The van der Waals surface area contributed by atoms with Crippen LogP contribution in [-0.4, -0.2) is 7.11 Å². The summed E-state index contributed by atoms with van der Waals surface area (Å²) in [5.74, 6) is 0.834. The van der Waals surface area contributed by atoms with E-state index in [9.17, 15) is 0 Å². The molecular formula is C15H15ClO. The molecule has 2 rings (SSSR count). The maximum atomic E-state index is 6.46. The summed E-state index contributed by atoms with van der Waals surface area (Å²) in [5.41, 5.74) is 3.39. The van der Waals surface area contributed by atoms with Crippen LogP contribution in [0, 0.1) is 6.92 Å². The Hall–Kier alpha value is -1.47. The SMILES string of the molecule is COc1cccc(C(Cl)c2ccc(C)cc2)c1. The molecule has 0 saturated heterocycles. The van der Waals surface area contributed by atoms with E-state index in [1.54, 1.807) is 7.11 Å². The van der Waals surface area contributed by atoms with Gasteiger partial charge < -0.3 is 4.74 Å². The summed E-state index contributed by atoms with van der Waals surface area (Å²) >= 11 is 6.46. The fraction of sp³-hybridized carbons (Fsp3) is 0.200. The first-order valence-corrected chi connectivity index (χ1v) is 5.99. The maximum absolute atomic E-state index is 6.46. The van der Waals surface area contributed by atoms with Crippen molar-refractivity contribution in [3.05, 3.63) is 65.2 Å². The first-order chi connectivity index (χ1) is 8.20. The third-order valence-electron chi connectivity index (χ3n) is 2.76. The number of ether oxygens (including phenoxy) is 1. The second kappa shape index (κ2) is 5.24. The normalized spacial score (nSPS) is 12.2. The average Bonchev–Trinajstić information content (AvgIpc) is 2.39. The number of hydrogen-bond donors (Lipinski definition) is 0. The van der Waals surface area contributed by atoms with E-state index in [2.05, 4.69) is 31.2 Å². The van der Waals surface area contributed by atoms with Gasteiger partial charge >= 0.3 is 0 Å². The van der Waals surface area contributed by atoms with Crippen molar-refractivity contribution >= 4 is 11.6 Å². The summed E-state index contributed by atoms with van der Waals surface area (Å²) < 4.78 is 5.20. The smallest absolute Gasteiger partial charge is 0.119 e. The average molecular weight is 247 g/mol. The molecule has 2 heteroatoms. The van der Waals surface area contributed by atoms with Crippen molar-refractivity contribution in [2.75, 3.05) is 7.11 Å². The molecule has 0 N–H and O–H groups in total. The highest BCUT2D eigenvalue weighted by Gasteiger charge is 2.10. The van der Waals surface area contributed by atoms with E-state index < -0.39 is 0 Å². The zero-order valence-corrected chi connectivity index (χ0v) is 10.7. The van der Waals surface area contributed by atoms with Gasteiger partial charge in [-0.05, 0) is 30.2 Å². The highest BCUT2D eigenvalue weighted by molar-refractivity contribution is 6.22. The van der Waals surface area contributed by atoms with E-state index in [-0.39, 0.29) is 5.38 Å². The summed E-state index contributed by atoms with van der Waals surface area (Å²) in [5, 5.41) is -0.134. The molecule has 0 aliphatic rings. The monoisotopic (exact) mass is 246 g/mol. The third kappa shape index (κ3) is 2.80. The van der Waals surface area contributed by atoms with E-state index in [0.29, 0.717) is 0 Å². The van der Waals surface area contributed by atoms with Crippen LogP contribution in [0.2, 0.25) is 0 Å². The molecule has 1 atom stereocenters. The molecule has 0 aliphatic heterocycles. The minimum Gasteiger partial charge on any atom is -0.497 e. The highest BCUT2D eigenvalue weighted by atomic mass is 35.5. The Morgan fingerprint density at radius 1 is 1.00 bits per heavy atom. The molecular weight excluding hydrogens is 232 g/mol. The topological polar surface area (TPSA) is 9.23 Å². The summed E-state index contributed by atoms with van der Waals surface area (Å²) in [6, 6.07) is 16.1. The van der Waals surface area contributed by atoms with Crippen LogP contribution >= 0.6 is 11.6 Å². The van der Waals surface area contributed by atoms with Crippen molar-refractivity contribution < 1.29 is 4.74 Å². The van der Waals surface area contributed by atoms with Crippen LogP contribution in [0.5, 0.6) is 5.75 Å². The number of rotatable bonds is 3. The molecule has 0 saturated carbocycles. The molecule has 0 radical (unpaired) electrons. The molecule has 0 aromatic heterocycles. The number of aryl methyl sites for hydroxylation is 1. The molecule has 88 valence electrons. The number of alkyl halides is 1. The standard InChI is InChI=1S/C15H15ClO/c1-11-6-8-12(9-7-11)15(16)13-4-3-5-14(10-13)17-2/h3-10,15H,1-2H3. The lowest BCUT2D eigenvalue weighted by atomic mass is 10.0. The first kappa shape index (κ1) is 12.0. The summed E-state index contributed by atoms with van der Waals surface area (Å²) in [7, 11) is 1.66. The van der Waals surface area contributed by atoms with Gasteiger partial charge in [0.2, 0.25) is 0 Å². The van der Waals surface area contributed by atoms with E-state index in [1.807, 2.05) is 24.3 Å². The van der Waals surface area contributed by atoms with Crippen LogP contribution in [0.4, 0.5) is 0 Å². The van der Waals surface area contributed by atoms with Crippen molar-refractivity contribution in [2.45, 2.75) is 12.3 Å². The van der Waals surface area contributed by atoms with Crippen LogP contribution < -0.4 is 4.74 Å².